The van der Waals surface area contributed by atoms with E-state index in [1.54, 1.807) is 13.1 Å². The van der Waals surface area contributed by atoms with Crippen molar-refractivity contribution in [1.82, 2.24) is 15.0 Å². The summed E-state index contributed by atoms with van der Waals surface area (Å²) in [6.45, 7) is 3.65. The van der Waals surface area contributed by atoms with Crippen molar-refractivity contribution in [3.05, 3.63) is 46.6 Å². The first kappa shape index (κ1) is 13.4. The first-order valence-corrected chi connectivity index (χ1v) is 6.16. The van der Waals surface area contributed by atoms with Crippen molar-refractivity contribution in [2.24, 2.45) is 0 Å². The smallest absolute Gasteiger partial charge is 0.156 e. The van der Waals surface area contributed by atoms with Crippen LogP contribution in [-0.4, -0.2) is 21.2 Å². The van der Waals surface area contributed by atoms with Gasteiger partial charge in [0.25, 0.3) is 0 Å². The highest BCUT2D eigenvalue weighted by Gasteiger charge is 2.14. The highest BCUT2D eigenvalue weighted by Crippen LogP contribution is 2.23. The second-order valence-corrected chi connectivity index (χ2v) is 4.42. The Bertz CT molecular complexity index is 589. The molecule has 0 spiro atoms. The zero-order chi connectivity index (χ0) is 13.8. The number of halogens is 1. The van der Waals surface area contributed by atoms with Crippen molar-refractivity contribution in [3.8, 4) is 0 Å². The Labute approximate surface area is 116 Å². The van der Waals surface area contributed by atoms with Crippen molar-refractivity contribution < 1.29 is 4.79 Å². The molecule has 2 aromatic heterocycles. The van der Waals surface area contributed by atoms with Gasteiger partial charge in [-0.1, -0.05) is 17.7 Å². The van der Waals surface area contributed by atoms with Gasteiger partial charge in [-0.15, -0.1) is 0 Å². The Morgan fingerprint density at radius 3 is 2.79 bits per heavy atom. The van der Waals surface area contributed by atoms with Gasteiger partial charge in [-0.2, -0.15) is 0 Å². The Morgan fingerprint density at radius 1 is 1.37 bits per heavy atom. The van der Waals surface area contributed by atoms with Gasteiger partial charge in [0.05, 0.1) is 17.3 Å². The van der Waals surface area contributed by atoms with Crippen molar-refractivity contribution in [2.75, 3.05) is 5.32 Å². The van der Waals surface area contributed by atoms with E-state index in [9.17, 15) is 4.79 Å². The number of aromatic nitrogens is 3. The molecule has 0 aromatic carbocycles. The summed E-state index contributed by atoms with van der Waals surface area (Å²) in [6.07, 6.45) is 2.36. The van der Waals surface area contributed by atoms with Crippen LogP contribution in [0.4, 0.5) is 5.82 Å². The number of nitrogens with zero attached hydrogens (tertiary/aromatic N) is 3. The lowest BCUT2D eigenvalue weighted by atomic mass is 10.2. The minimum Gasteiger partial charge on any atom is -0.361 e. The maximum atomic E-state index is 11.1. The lowest BCUT2D eigenvalue weighted by Gasteiger charge is -2.15. The molecule has 0 amide bonds. The average molecular weight is 277 g/mol. The van der Waals surface area contributed by atoms with Crippen molar-refractivity contribution in [2.45, 2.75) is 19.9 Å². The first-order chi connectivity index (χ1) is 9.11. The third-order valence-electron chi connectivity index (χ3n) is 2.61. The number of aryl methyl sites for hydroxylation is 1. The van der Waals surface area contributed by atoms with Gasteiger partial charge in [0.15, 0.2) is 6.29 Å². The summed E-state index contributed by atoms with van der Waals surface area (Å²) >= 11 is 5.93. The summed E-state index contributed by atoms with van der Waals surface area (Å²) in [6, 6.07) is 5.55. The molecule has 19 heavy (non-hydrogen) atoms. The summed E-state index contributed by atoms with van der Waals surface area (Å²) in [5, 5.41) is 3.28. The summed E-state index contributed by atoms with van der Waals surface area (Å²) in [7, 11) is 0. The molecule has 0 bridgehead atoms. The molecule has 0 aliphatic carbocycles. The lowest BCUT2D eigenvalue weighted by molar-refractivity contribution is 0.112. The molecule has 2 rings (SSSR count). The minimum atomic E-state index is -0.0923. The third-order valence-corrected chi connectivity index (χ3v) is 2.90. The fourth-order valence-corrected chi connectivity index (χ4v) is 1.93. The summed E-state index contributed by atoms with van der Waals surface area (Å²) < 4.78 is 0. The average Bonchev–Trinajstić information content (AvgIpc) is 2.39. The van der Waals surface area contributed by atoms with Crippen LogP contribution in [0.15, 0.2) is 24.4 Å². The van der Waals surface area contributed by atoms with E-state index in [2.05, 4.69) is 20.3 Å². The highest BCUT2D eigenvalue weighted by atomic mass is 35.5. The van der Waals surface area contributed by atoms with Gasteiger partial charge in [-0.25, -0.2) is 9.97 Å². The molecule has 1 N–H and O–H groups in total. The van der Waals surface area contributed by atoms with Crippen LogP contribution in [0.2, 0.25) is 5.15 Å². The molecule has 0 aliphatic rings. The second kappa shape index (κ2) is 5.75. The van der Waals surface area contributed by atoms with Gasteiger partial charge in [0.2, 0.25) is 0 Å². The molecular weight excluding hydrogens is 264 g/mol. The van der Waals surface area contributed by atoms with Crippen LogP contribution in [0.1, 0.15) is 34.8 Å². The van der Waals surface area contributed by atoms with Crippen LogP contribution < -0.4 is 5.32 Å². The number of nitrogens with one attached hydrogen (secondary N) is 1. The quantitative estimate of drug-likeness (QED) is 0.687. The molecule has 1 unspecified atom stereocenters. The van der Waals surface area contributed by atoms with Crippen molar-refractivity contribution in [3.63, 3.8) is 0 Å². The molecule has 0 saturated heterocycles. The van der Waals surface area contributed by atoms with E-state index in [0.717, 1.165) is 5.69 Å². The maximum absolute atomic E-state index is 11.1. The van der Waals surface area contributed by atoms with Crippen LogP contribution in [-0.2, 0) is 0 Å². The number of aldehydes is 1. The molecule has 1 atom stereocenters. The molecule has 2 heterocycles. The minimum absolute atomic E-state index is 0.0923. The van der Waals surface area contributed by atoms with Gasteiger partial charge in [-0.05, 0) is 26.0 Å². The van der Waals surface area contributed by atoms with Crippen LogP contribution >= 0.6 is 11.6 Å². The molecule has 0 fully saturated rings. The number of hydrogen-bond acceptors (Lipinski definition) is 5. The predicted octanol–water partition coefficient (Wildman–Crippen LogP) is 2.82. The van der Waals surface area contributed by atoms with E-state index < -0.39 is 0 Å². The lowest BCUT2D eigenvalue weighted by Crippen LogP contribution is -2.12. The molecule has 98 valence electrons. The zero-order valence-electron chi connectivity index (χ0n) is 10.6. The standard InChI is InChI=1S/C13H13ClN4O/c1-8(11-5-3-4-6-15-11)16-13-10(7-19)12(14)17-9(2)18-13/h3-8H,1-2H3,(H,16,17,18). The first-order valence-electron chi connectivity index (χ1n) is 5.78. The van der Waals surface area contributed by atoms with Crippen molar-refractivity contribution >= 4 is 23.7 Å². The Kier molecular flexibility index (Phi) is 4.06. The Balaban J connectivity index is 2.31. The largest absolute Gasteiger partial charge is 0.361 e. The fraction of sp³-hybridized carbons (Fsp3) is 0.231. The summed E-state index contributed by atoms with van der Waals surface area (Å²) in [4.78, 5) is 23.5. The predicted molar refractivity (Wildman–Crippen MR) is 73.4 cm³/mol. The highest BCUT2D eigenvalue weighted by molar-refractivity contribution is 6.32. The van der Waals surface area contributed by atoms with Gasteiger partial charge >= 0.3 is 0 Å². The zero-order valence-corrected chi connectivity index (χ0v) is 11.3. The molecule has 2 aromatic rings. The van der Waals surface area contributed by atoms with Crippen LogP contribution in [0.5, 0.6) is 0 Å². The van der Waals surface area contributed by atoms with Gasteiger partial charge in [-0.3, -0.25) is 9.78 Å². The summed E-state index contributed by atoms with van der Waals surface area (Å²) in [5.41, 5.74) is 1.11. The third kappa shape index (κ3) is 3.06. The normalized spacial score (nSPS) is 11.9. The van der Waals surface area contributed by atoms with Crippen molar-refractivity contribution in [1.29, 1.82) is 0 Å². The van der Waals surface area contributed by atoms with E-state index in [-0.39, 0.29) is 16.8 Å². The molecule has 0 saturated carbocycles. The fourth-order valence-electron chi connectivity index (χ4n) is 1.67. The van der Waals surface area contributed by atoms with E-state index in [1.165, 1.54) is 0 Å². The van der Waals surface area contributed by atoms with Crippen LogP contribution in [0, 0.1) is 6.92 Å². The van der Waals surface area contributed by atoms with E-state index >= 15 is 0 Å². The number of carbonyl (C=O) groups excluding carboxylic acids is 1. The number of anilines is 1. The molecular formula is C13H13ClN4O. The van der Waals surface area contributed by atoms with Crippen LogP contribution in [0.3, 0.4) is 0 Å². The topological polar surface area (TPSA) is 67.8 Å². The molecule has 0 radical (unpaired) electrons. The van der Waals surface area contributed by atoms with Gasteiger partial charge in [0.1, 0.15) is 16.8 Å². The number of pyridine rings is 1. The maximum Gasteiger partial charge on any atom is 0.156 e. The molecule has 5 nitrogen and oxygen atoms in total. The summed E-state index contributed by atoms with van der Waals surface area (Å²) in [5.74, 6) is 0.928. The monoisotopic (exact) mass is 276 g/mol. The Morgan fingerprint density at radius 2 is 2.16 bits per heavy atom. The number of rotatable bonds is 4. The van der Waals surface area contributed by atoms with Gasteiger partial charge in [0, 0.05) is 6.20 Å². The van der Waals surface area contributed by atoms with Crippen LogP contribution in [0.25, 0.3) is 0 Å². The second-order valence-electron chi connectivity index (χ2n) is 4.06. The molecule has 0 aliphatic heterocycles. The van der Waals surface area contributed by atoms with E-state index in [4.69, 9.17) is 11.6 Å². The Hall–Kier alpha value is -2.01. The number of hydrogen-bond donors (Lipinski definition) is 1. The molecule has 6 heteroatoms. The van der Waals surface area contributed by atoms with E-state index in [1.807, 2.05) is 25.1 Å². The van der Waals surface area contributed by atoms with Gasteiger partial charge < -0.3 is 5.32 Å². The van der Waals surface area contributed by atoms with E-state index in [0.29, 0.717) is 17.9 Å². The SMILES string of the molecule is Cc1nc(Cl)c(C=O)c(NC(C)c2ccccn2)n1. The number of carbonyl (C=O) groups is 1.